The molecule has 0 saturated carbocycles. The van der Waals surface area contributed by atoms with Gasteiger partial charge in [-0.1, -0.05) is 0 Å². The van der Waals surface area contributed by atoms with Gasteiger partial charge in [0.25, 0.3) is 0 Å². The Labute approximate surface area is 126 Å². The summed E-state index contributed by atoms with van der Waals surface area (Å²) in [5.74, 6) is 0.283. The highest BCUT2D eigenvalue weighted by Gasteiger charge is 2.27. The van der Waals surface area contributed by atoms with E-state index in [1.54, 1.807) is 26.4 Å². The van der Waals surface area contributed by atoms with Crippen LogP contribution in [0.25, 0.3) is 0 Å². The third-order valence-corrected chi connectivity index (χ3v) is 5.52. The van der Waals surface area contributed by atoms with Gasteiger partial charge in [0.2, 0.25) is 10.0 Å². The Morgan fingerprint density at radius 2 is 2.00 bits per heavy atom. The van der Waals surface area contributed by atoms with Crippen molar-refractivity contribution < 1.29 is 13.2 Å². The Hall–Kier alpha value is -0.560. The second kappa shape index (κ2) is 6.93. The lowest BCUT2D eigenvalue weighted by molar-refractivity contribution is 0.149. The van der Waals surface area contributed by atoms with E-state index in [2.05, 4.69) is 0 Å². The lowest BCUT2D eigenvalue weighted by atomic mass is 10.4. The second-order valence-corrected chi connectivity index (χ2v) is 7.39. The number of aromatic nitrogens is 1. The first kappa shape index (κ1) is 17.5. The average Bonchev–Trinajstić information content (AvgIpc) is 2.82. The van der Waals surface area contributed by atoms with E-state index in [-0.39, 0.29) is 22.9 Å². The topological polar surface area (TPSA) is 51.5 Å². The Morgan fingerprint density at radius 1 is 1.40 bits per heavy atom. The Kier molecular flexibility index (Phi) is 6.06. The zero-order valence-electron chi connectivity index (χ0n) is 12.6. The second-order valence-electron chi connectivity index (χ2n) is 5.13. The van der Waals surface area contributed by atoms with Crippen LogP contribution in [0.2, 0.25) is 0 Å². The Balaban J connectivity index is 3.16. The van der Waals surface area contributed by atoms with Gasteiger partial charge in [-0.2, -0.15) is 4.31 Å². The fourth-order valence-corrected chi connectivity index (χ4v) is 3.59. The molecule has 0 aromatic carbocycles. The van der Waals surface area contributed by atoms with E-state index >= 15 is 0 Å². The molecule has 7 heteroatoms. The van der Waals surface area contributed by atoms with Crippen LogP contribution in [0.1, 0.15) is 32.5 Å². The molecule has 5 nitrogen and oxygen atoms in total. The number of halogens is 1. The van der Waals surface area contributed by atoms with Crippen LogP contribution < -0.4 is 0 Å². The van der Waals surface area contributed by atoms with Crippen molar-refractivity contribution in [2.45, 2.75) is 43.6 Å². The molecule has 0 radical (unpaired) electrons. The lowest BCUT2D eigenvalue weighted by Gasteiger charge is -2.23. The maximum absolute atomic E-state index is 12.6. The molecule has 0 bridgehead atoms. The Morgan fingerprint density at radius 3 is 2.40 bits per heavy atom. The van der Waals surface area contributed by atoms with Gasteiger partial charge < -0.3 is 9.30 Å². The van der Waals surface area contributed by atoms with Crippen molar-refractivity contribution in [2.24, 2.45) is 0 Å². The average molecular weight is 323 g/mol. The van der Waals surface area contributed by atoms with Crippen molar-refractivity contribution in [3.05, 3.63) is 18.0 Å². The van der Waals surface area contributed by atoms with Crippen molar-refractivity contribution in [2.75, 3.05) is 20.8 Å². The smallest absolute Gasteiger partial charge is 0.244 e. The summed E-state index contributed by atoms with van der Waals surface area (Å²) in [6.07, 6.45) is 1.65. The first-order valence-corrected chi connectivity index (χ1v) is 8.46. The van der Waals surface area contributed by atoms with Gasteiger partial charge in [0, 0.05) is 38.1 Å². The number of hydrogen-bond donors (Lipinski definition) is 0. The third-order valence-electron chi connectivity index (χ3n) is 3.31. The van der Waals surface area contributed by atoms with Crippen LogP contribution in [-0.2, 0) is 20.6 Å². The molecule has 0 N–H and O–H groups in total. The van der Waals surface area contributed by atoms with E-state index in [1.165, 1.54) is 4.31 Å². The lowest BCUT2D eigenvalue weighted by Crippen LogP contribution is -2.37. The maximum atomic E-state index is 12.6. The molecular weight excluding hydrogens is 300 g/mol. The summed E-state index contributed by atoms with van der Waals surface area (Å²) in [4.78, 5) is 0.271. The molecule has 20 heavy (non-hydrogen) atoms. The third kappa shape index (κ3) is 3.55. The molecule has 0 aliphatic carbocycles. The minimum atomic E-state index is -3.53. The van der Waals surface area contributed by atoms with Gasteiger partial charge in [-0.05, 0) is 26.8 Å². The van der Waals surface area contributed by atoms with Crippen LogP contribution >= 0.6 is 11.6 Å². The highest BCUT2D eigenvalue weighted by atomic mass is 35.5. The molecule has 0 aliphatic heterocycles. The zero-order chi connectivity index (χ0) is 15.5. The molecule has 0 spiro atoms. The molecule has 0 aliphatic rings. The van der Waals surface area contributed by atoms with Crippen molar-refractivity contribution in [3.63, 3.8) is 0 Å². The molecule has 1 unspecified atom stereocenters. The molecule has 0 saturated heterocycles. The molecule has 1 atom stereocenters. The summed E-state index contributed by atoms with van der Waals surface area (Å²) in [5.41, 5.74) is 0.799. The van der Waals surface area contributed by atoms with Crippen LogP contribution in [-0.4, -0.2) is 44.1 Å². The van der Waals surface area contributed by atoms with E-state index in [0.29, 0.717) is 6.61 Å². The minimum absolute atomic E-state index is 0.161. The predicted octanol–water partition coefficient (Wildman–Crippen LogP) is 2.46. The normalized spacial score (nSPS) is 14.2. The molecule has 0 fully saturated rings. The Bertz CT molecular complexity index is 540. The first-order valence-electron chi connectivity index (χ1n) is 6.49. The summed E-state index contributed by atoms with van der Waals surface area (Å²) in [5, 5.41) is 0. The summed E-state index contributed by atoms with van der Waals surface area (Å²) >= 11 is 5.88. The SMILES string of the molecule is COCC(C)N(C)S(=O)(=O)c1cc(CCl)n(C(C)C)c1. The predicted molar refractivity (Wildman–Crippen MR) is 80.7 cm³/mol. The highest BCUT2D eigenvalue weighted by molar-refractivity contribution is 7.89. The number of ether oxygens (including phenoxy) is 1. The van der Waals surface area contributed by atoms with Gasteiger partial charge in [0.05, 0.1) is 12.5 Å². The number of hydrogen-bond acceptors (Lipinski definition) is 3. The standard InChI is InChI=1S/C13H23ClN2O3S/c1-10(2)16-8-13(6-12(16)7-14)20(17,18)15(4)11(3)9-19-5/h6,8,10-11H,7,9H2,1-5H3. The van der Waals surface area contributed by atoms with Gasteiger partial charge in [-0.3, -0.25) is 0 Å². The monoisotopic (exact) mass is 322 g/mol. The summed E-state index contributed by atoms with van der Waals surface area (Å²) in [6, 6.07) is 1.57. The van der Waals surface area contributed by atoms with Gasteiger partial charge in [0.15, 0.2) is 0 Å². The first-order chi connectivity index (χ1) is 9.25. The number of methoxy groups -OCH3 is 1. The van der Waals surface area contributed by atoms with E-state index in [4.69, 9.17) is 16.3 Å². The molecule has 0 amide bonds. The summed E-state index contributed by atoms with van der Waals surface area (Å²) in [7, 11) is -0.417. The van der Waals surface area contributed by atoms with E-state index in [0.717, 1.165) is 5.69 Å². The molecule has 1 heterocycles. The van der Waals surface area contributed by atoms with Gasteiger partial charge >= 0.3 is 0 Å². The van der Waals surface area contributed by atoms with Crippen molar-refractivity contribution in [3.8, 4) is 0 Å². The molecule has 116 valence electrons. The van der Waals surface area contributed by atoms with Crippen LogP contribution in [0.5, 0.6) is 0 Å². The zero-order valence-corrected chi connectivity index (χ0v) is 14.2. The quantitative estimate of drug-likeness (QED) is 0.725. The van der Waals surface area contributed by atoms with Crippen LogP contribution in [0.3, 0.4) is 0 Å². The van der Waals surface area contributed by atoms with E-state index < -0.39 is 10.0 Å². The molecule has 1 aromatic rings. The largest absolute Gasteiger partial charge is 0.383 e. The molecular formula is C13H23ClN2O3S. The number of alkyl halides is 1. The number of likely N-dealkylation sites (N-methyl/N-ethyl adjacent to an activating group) is 1. The van der Waals surface area contributed by atoms with Gasteiger partial charge in [0.1, 0.15) is 4.90 Å². The van der Waals surface area contributed by atoms with Crippen LogP contribution in [0.15, 0.2) is 17.2 Å². The maximum Gasteiger partial charge on any atom is 0.244 e. The number of nitrogens with zero attached hydrogens (tertiary/aromatic N) is 2. The van der Waals surface area contributed by atoms with Crippen molar-refractivity contribution in [1.29, 1.82) is 0 Å². The summed E-state index contributed by atoms with van der Waals surface area (Å²) in [6.45, 7) is 6.14. The van der Waals surface area contributed by atoms with E-state index in [1.807, 2.05) is 25.3 Å². The number of rotatable bonds is 7. The van der Waals surface area contributed by atoms with Crippen molar-refractivity contribution in [1.82, 2.24) is 8.87 Å². The van der Waals surface area contributed by atoms with Gasteiger partial charge in [-0.25, -0.2) is 8.42 Å². The summed E-state index contributed by atoms with van der Waals surface area (Å²) < 4.78 is 33.4. The van der Waals surface area contributed by atoms with Crippen LogP contribution in [0, 0.1) is 0 Å². The minimum Gasteiger partial charge on any atom is -0.383 e. The fraction of sp³-hybridized carbons (Fsp3) is 0.692. The number of sulfonamides is 1. The fourth-order valence-electron chi connectivity index (χ4n) is 1.97. The highest BCUT2D eigenvalue weighted by Crippen LogP contribution is 2.23. The van der Waals surface area contributed by atoms with Crippen molar-refractivity contribution >= 4 is 21.6 Å². The molecule has 1 rings (SSSR count). The van der Waals surface area contributed by atoms with E-state index in [9.17, 15) is 8.42 Å². The molecule has 1 aromatic heterocycles. The van der Waals surface area contributed by atoms with Gasteiger partial charge in [-0.15, -0.1) is 11.6 Å². The van der Waals surface area contributed by atoms with Crippen LogP contribution in [0.4, 0.5) is 0 Å².